The van der Waals surface area contributed by atoms with Gasteiger partial charge in [-0.3, -0.25) is 9.69 Å². The number of carbonyl (C=O) groups excluding carboxylic acids is 1. The monoisotopic (exact) mass is 394 g/mol. The smallest absolute Gasteiger partial charge is 0.233 e. The number of hydrogen-bond donors (Lipinski definition) is 0. The van der Waals surface area contributed by atoms with Crippen molar-refractivity contribution >= 4 is 32.6 Å². The van der Waals surface area contributed by atoms with Crippen molar-refractivity contribution in [3.8, 4) is 0 Å². The first-order valence-corrected chi connectivity index (χ1v) is 9.91. The molecule has 28 heavy (non-hydrogen) atoms. The molecule has 0 saturated heterocycles. The molecule has 0 aliphatic carbocycles. The van der Waals surface area contributed by atoms with Crippen LogP contribution in [0.2, 0.25) is 0 Å². The van der Waals surface area contributed by atoms with Crippen LogP contribution in [0, 0.1) is 5.82 Å². The summed E-state index contributed by atoms with van der Waals surface area (Å²) in [7, 11) is 0. The highest BCUT2D eigenvalue weighted by molar-refractivity contribution is 7.22. The number of para-hydroxylation sites is 1. The van der Waals surface area contributed by atoms with Gasteiger partial charge in [-0.25, -0.2) is 9.37 Å². The summed E-state index contributed by atoms with van der Waals surface area (Å²) in [6.45, 7) is 2.35. The van der Waals surface area contributed by atoms with Crippen molar-refractivity contribution < 1.29 is 13.6 Å². The van der Waals surface area contributed by atoms with Crippen LogP contribution in [0.4, 0.5) is 9.52 Å². The molecular weight excluding hydrogens is 375 g/mol. The summed E-state index contributed by atoms with van der Waals surface area (Å²) < 4.78 is 20.2. The number of halogens is 1. The first-order chi connectivity index (χ1) is 13.6. The summed E-state index contributed by atoms with van der Waals surface area (Å²) in [6, 6.07) is 16.4. The second kappa shape index (κ2) is 7.94. The van der Waals surface area contributed by atoms with E-state index in [2.05, 4.69) is 11.9 Å². The average Bonchev–Trinajstić information content (AvgIpc) is 3.37. The van der Waals surface area contributed by atoms with Crippen molar-refractivity contribution in [2.75, 3.05) is 4.90 Å². The van der Waals surface area contributed by atoms with E-state index in [0.717, 1.165) is 12.0 Å². The third-order valence-corrected chi connectivity index (χ3v) is 5.61. The summed E-state index contributed by atoms with van der Waals surface area (Å²) in [4.78, 5) is 19.1. The number of amides is 1. The van der Waals surface area contributed by atoms with Crippen molar-refractivity contribution in [3.63, 3.8) is 0 Å². The second-order valence-corrected chi connectivity index (χ2v) is 7.50. The highest BCUT2D eigenvalue weighted by atomic mass is 32.1. The fraction of sp³-hybridized carbons (Fsp3) is 0.182. The molecule has 0 bridgehead atoms. The van der Waals surface area contributed by atoms with Gasteiger partial charge in [0.05, 0.1) is 23.9 Å². The molecule has 0 saturated carbocycles. The molecule has 2 heterocycles. The van der Waals surface area contributed by atoms with Crippen LogP contribution in [0.5, 0.6) is 0 Å². The molecule has 142 valence electrons. The highest BCUT2D eigenvalue weighted by Gasteiger charge is 2.22. The Labute approximate surface area is 166 Å². The maximum atomic E-state index is 14.1. The fourth-order valence-corrected chi connectivity index (χ4v) is 4.00. The van der Waals surface area contributed by atoms with E-state index in [1.165, 1.54) is 23.0 Å². The van der Waals surface area contributed by atoms with E-state index in [0.29, 0.717) is 15.6 Å². The van der Waals surface area contributed by atoms with Gasteiger partial charge in [-0.15, -0.1) is 0 Å². The minimum absolute atomic E-state index is 0.111. The molecule has 1 amide bonds. The quantitative estimate of drug-likeness (QED) is 0.442. The van der Waals surface area contributed by atoms with Gasteiger partial charge in [0.25, 0.3) is 0 Å². The number of fused-ring (bicyclic) bond motifs is 1. The van der Waals surface area contributed by atoms with E-state index in [1.807, 2.05) is 30.3 Å². The Morgan fingerprint density at radius 2 is 1.89 bits per heavy atom. The Morgan fingerprint density at radius 3 is 2.57 bits per heavy atom. The molecule has 0 fully saturated rings. The Morgan fingerprint density at radius 1 is 1.11 bits per heavy atom. The number of aromatic nitrogens is 1. The molecule has 4 rings (SSSR count). The Bertz CT molecular complexity index is 1090. The Kier molecular flexibility index (Phi) is 5.21. The maximum Gasteiger partial charge on any atom is 0.233 e. The SMILES string of the molecule is CCc1ccc(CC(=O)N(Cc2ccco2)c2nc3c(F)cccc3s2)cc1. The lowest BCUT2D eigenvalue weighted by Crippen LogP contribution is -2.31. The van der Waals surface area contributed by atoms with E-state index in [-0.39, 0.29) is 30.2 Å². The van der Waals surface area contributed by atoms with E-state index in [1.54, 1.807) is 29.4 Å². The van der Waals surface area contributed by atoms with Crippen molar-refractivity contribution in [1.82, 2.24) is 4.98 Å². The average molecular weight is 394 g/mol. The van der Waals surface area contributed by atoms with Gasteiger partial charge in [0, 0.05) is 0 Å². The number of aryl methyl sites for hydroxylation is 1. The Hall–Kier alpha value is -2.99. The van der Waals surface area contributed by atoms with Crippen LogP contribution >= 0.6 is 11.3 Å². The molecular formula is C22H19FN2O2S. The van der Waals surface area contributed by atoms with Crippen molar-refractivity contribution in [1.29, 1.82) is 0 Å². The molecule has 0 spiro atoms. The number of benzene rings is 2. The standard InChI is InChI=1S/C22H19FN2O2S/c1-2-15-8-10-16(11-9-15)13-20(26)25(14-17-5-4-12-27-17)22-24-21-18(23)6-3-7-19(21)28-22/h3-12H,2,13-14H2,1H3. The van der Waals surface area contributed by atoms with Crippen LogP contribution in [0.15, 0.2) is 65.3 Å². The summed E-state index contributed by atoms with van der Waals surface area (Å²) in [5.74, 6) is 0.148. The lowest BCUT2D eigenvalue weighted by atomic mass is 10.1. The van der Waals surface area contributed by atoms with Crippen LogP contribution in [0.1, 0.15) is 23.8 Å². The van der Waals surface area contributed by atoms with Crippen LogP contribution in [0.25, 0.3) is 10.2 Å². The predicted molar refractivity (Wildman–Crippen MR) is 109 cm³/mol. The van der Waals surface area contributed by atoms with E-state index in [4.69, 9.17) is 4.42 Å². The molecule has 2 aromatic heterocycles. The van der Waals surface area contributed by atoms with Crippen molar-refractivity contribution in [2.45, 2.75) is 26.3 Å². The number of rotatable bonds is 6. The molecule has 0 unspecified atom stereocenters. The number of furan rings is 1. The molecule has 2 aromatic carbocycles. The van der Waals surface area contributed by atoms with Crippen LogP contribution in [0.3, 0.4) is 0 Å². The molecule has 6 heteroatoms. The molecule has 0 aliphatic rings. The fourth-order valence-electron chi connectivity index (χ4n) is 3.00. The van der Waals surface area contributed by atoms with Crippen LogP contribution in [-0.2, 0) is 24.2 Å². The Balaban J connectivity index is 1.65. The highest BCUT2D eigenvalue weighted by Crippen LogP contribution is 2.31. The number of hydrogen-bond acceptors (Lipinski definition) is 4. The first-order valence-electron chi connectivity index (χ1n) is 9.09. The third-order valence-electron chi connectivity index (χ3n) is 4.57. The van der Waals surface area contributed by atoms with Gasteiger partial charge in [0.1, 0.15) is 17.1 Å². The number of anilines is 1. The van der Waals surface area contributed by atoms with Crippen molar-refractivity contribution in [2.24, 2.45) is 0 Å². The predicted octanol–water partition coefficient (Wildman–Crippen LogP) is 5.37. The third kappa shape index (κ3) is 3.82. The van der Waals surface area contributed by atoms with Gasteiger partial charge in [-0.1, -0.05) is 48.6 Å². The first kappa shape index (κ1) is 18.4. The number of carbonyl (C=O) groups is 1. The maximum absolute atomic E-state index is 14.1. The van der Waals surface area contributed by atoms with E-state index < -0.39 is 0 Å². The van der Waals surface area contributed by atoms with Crippen LogP contribution < -0.4 is 4.90 Å². The zero-order valence-corrected chi connectivity index (χ0v) is 16.2. The summed E-state index contributed by atoms with van der Waals surface area (Å²) >= 11 is 1.30. The van der Waals surface area contributed by atoms with Gasteiger partial charge in [-0.05, 0) is 41.8 Å². The zero-order chi connectivity index (χ0) is 19.5. The van der Waals surface area contributed by atoms with Gasteiger partial charge in [-0.2, -0.15) is 0 Å². The minimum Gasteiger partial charge on any atom is -0.467 e. The largest absolute Gasteiger partial charge is 0.467 e. The molecule has 4 aromatic rings. The normalized spacial score (nSPS) is 11.1. The van der Waals surface area contributed by atoms with Crippen molar-refractivity contribution in [3.05, 3.63) is 83.6 Å². The molecule has 0 N–H and O–H groups in total. The van der Waals surface area contributed by atoms with E-state index in [9.17, 15) is 9.18 Å². The molecule has 0 aliphatic heterocycles. The summed E-state index contributed by atoms with van der Waals surface area (Å²) in [5, 5.41) is 0.465. The van der Waals surface area contributed by atoms with Gasteiger partial charge in [0.2, 0.25) is 5.91 Å². The minimum atomic E-state index is -0.388. The zero-order valence-electron chi connectivity index (χ0n) is 15.4. The topological polar surface area (TPSA) is 46.3 Å². The van der Waals surface area contributed by atoms with Gasteiger partial charge >= 0.3 is 0 Å². The lowest BCUT2D eigenvalue weighted by Gasteiger charge is -2.19. The molecule has 0 radical (unpaired) electrons. The number of thiazole rings is 1. The van der Waals surface area contributed by atoms with E-state index >= 15 is 0 Å². The number of nitrogens with zero attached hydrogens (tertiary/aromatic N) is 2. The molecule has 4 nitrogen and oxygen atoms in total. The van der Waals surface area contributed by atoms with Crippen LogP contribution in [-0.4, -0.2) is 10.9 Å². The summed E-state index contributed by atoms with van der Waals surface area (Å²) in [6.07, 6.45) is 2.76. The lowest BCUT2D eigenvalue weighted by molar-refractivity contribution is -0.118. The summed E-state index contributed by atoms with van der Waals surface area (Å²) in [5.41, 5.74) is 2.44. The van der Waals surface area contributed by atoms with Gasteiger partial charge < -0.3 is 4.42 Å². The van der Waals surface area contributed by atoms with Gasteiger partial charge in [0.15, 0.2) is 5.13 Å². The second-order valence-electron chi connectivity index (χ2n) is 6.49. The molecule has 0 atom stereocenters.